The van der Waals surface area contributed by atoms with E-state index in [1.807, 2.05) is 0 Å². The fourth-order valence-corrected chi connectivity index (χ4v) is 1.12. The van der Waals surface area contributed by atoms with Crippen LogP contribution in [0, 0.1) is 6.92 Å². The molecule has 0 radical (unpaired) electrons. The zero-order valence-corrected chi connectivity index (χ0v) is 7.25. The van der Waals surface area contributed by atoms with Crippen molar-refractivity contribution in [2.75, 3.05) is 7.05 Å². The highest BCUT2D eigenvalue weighted by molar-refractivity contribution is 5.75. The van der Waals surface area contributed by atoms with Crippen molar-refractivity contribution < 1.29 is 14.4 Å². The third-order valence-corrected chi connectivity index (χ3v) is 1.75. The topological polar surface area (TPSA) is 95.3 Å². The molecule has 6 heteroatoms. The lowest BCUT2D eigenvalue weighted by molar-refractivity contribution is -0.139. The summed E-state index contributed by atoms with van der Waals surface area (Å²) in [7, 11) is 1.46. The van der Waals surface area contributed by atoms with Gasteiger partial charge in [-0.3, -0.25) is 9.59 Å². The Morgan fingerprint density at radius 1 is 1.69 bits per heavy atom. The number of rotatable bonds is 3. The molecule has 3 N–H and O–H groups in total. The highest BCUT2D eigenvalue weighted by Gasteiger charge is 2.25. The largest absolute Gasteiger partial charge is 0.480 e. The SMILES string of the molecule is CN[C@H](C(=O)O)c1c(C)o[nH]c1=O. The minimum absolute atomic E-state index is 0.106. The Kier molecular flexibility index (Phi) is 2.52. The number of aryl methyl sites for hydroxylation is 1. The average molecular weight is 186 g/mol. The van der Waals surface area contributed by atoms with E-state index in [0.717, 1.165) is 0 Å². The number of nitrogens with one attached hydrogen (secondary N) is 2. The van der Waals surface area contributed by atoms with E-state index in [1.54, 1.807) is 0 Å². The van der Waals surface area contributed by atoms with Crippen LogP contribution in [0.25, 0.3) is 0 Å². The Morgan fingerprint density at radius 3 is 2.62 bits per heavy atom. The molecule has 0 aliphatic carbocycles. The van der Waals surface area contributed by atoms with Gasteiger partial charge >= 0.3 is 5.97 Å². The lowest BCUT2D eigenvalue weighted by Crippen LogP contribution is -2.29. The molecule has 1 atom stereocenters. The summed E-state index contributed by atoms with van der Waals surface area (Å²) in [5, 5.41) is 13.3. The molecule has 0 fully saturated rings. The average Bonchev–Trinajstić information content (AvgIpc) is 2.36. The van der Waals surface area contributed by atoms with Gasteiger partial charge < -0.3 is 14.9 Å². The van der Waals surface area contributed by atoms with E-state index in [1.165, 1.54) is 14.0 Å². The summed E-state index contributed by atoms with van der Waals surface area (Å²) in [5.74, 6) is -0.829. The molecule has 1 heterocycles. The van der Waals surface area contributed by atoms with Crippen LogP contribution in [0.3, 0.4) is 0 Å². The monoisotopic (exact) mass is 186 g/mol. The molecule has 6 nitrogen and oxygen atoms in total. The second-order valence-corrected chi connectivity index (χ2v) is 2.56. The molecule has 1 aromatic rings. The lowest BCUT2D eigenvalue weighted by Gasteiger charge is -2.07. The molecule has 0 saturated carbocycles. The van der Waals surface area contributed by atoms with Crippen LogP contribution >= 0.6 is 0 Å². The van der Waals surface area contributed by atoms with E-state index in [4.69, 9.17) is 5.11 Å². The third kappa shape index (κ3) is 1.62. The van der Waals surface area contributed by atoms with Crippen LogP contribution in [-0.4, -0.2) is 23.3 Å². The molecule has 0 bridgehead atoms. The lowest BCUT2D eigenvalue weighted by atomic mass is 10.1. The van der Waals surface area contributed by atoms with Gasteiger partial charge in [-0.1, -0.05) is 0 Å². The van der Waals surface area contributed by atoms with Gasteiger partial charge in [0.05, 0.1) is 5.56 Å². The number of H-pyrrole nitrogens is 1. The zero-order valence-electron chi connectivity index (χ0n) is 7.25. The maximum absolute atomic E-state index is 11.1. The number of likely N-dealkylation sites (N-methyl/N-ethyl adjacent to an activating group) is 1. The Bertz CT molecular complexity index is 365. The number of carboxylic acids is 1. The molecular formula is C7H10N2O4. The molecule has 72 valence electrons. The number of aromatic amines is 1. The van der Waals surface area contributed by atoms with Crippen LogP contribution in [0.1, 0.15) is 17.4 Å². The van der Waals surface area contributed by atoms with Crippen molar-refractivity contribution in [1.29, 1.82) is 0 Å². The molecule has 0 unspecified atom stereocenters. The van der Waals surface area contributed by atoms with Crippen LogP contribution < -0.4 is 10.9 Å². The molecule has 0 saturated heterocycles. The number of carboxylic acid groups (broad SMARTS) is 1. The van der Waals surface area contributed by atoms with Crippen LogP contribution in [0.4, 0.5) is 0 Å². The number of hydrogen-bond acceptors (Lipinski definition) is 4. The van der Waals surface area contributed by atoms with E-state index in [2.05, 4.69) is 15.0 Å². The molecule has 1 aromatic heterocycles. The van der Waals surface area contributed by atoms with Crippen molar-refractivity contribution in [3.8, 4) is 0 Å². The Balaban J connectivity index is 3.18. The van der Waals surface area contributed by atoms with E-state index in [-0.39, 0.29) is 11.3 Å². The van der Waals surface area contributed by atoms with Crippen molar-refractivity contribution in [3.05, 3.63) is 21.7 Å². The minimum atomic E-state index is -1.11. The smallest absolute Gasteiger partial charge is 0.325 e. The summed E-state index contributed by atoms with van der Waals surface area (Å²) in [4.78, 5) is 21.8. The van der Waals surface area contributed by atoms with E-state index in [0.29, 0.717) is 0 Å². The van der Waals surface area contributed by atoms with E-state index in [9.17, 15) is 9.59 Å². The van der Waals surface area contributed by atoms with Gasteiger partial charge in [0.25, 0.3) is 5.56 Å². The zero-order chi connectivity index (χ0) is 10.0. The normalized spacial score (nSPS) is 12.8. The first-order valence-corrected chi connectivity index (χ1v) is 3.66. The molecule has 13 heavy (non-hydrogen) atoms. The quantitative estimate of drug-likeness (QED) is 0.598. The van der Waals surface area contributed by atoms with E-state index < -0.39 is 17.6 Å². The number of aromatic nitrogens is 1. The van der Waals surface area contributed by atoms with Gasteiger partial charge in [0.15, 0.2) is 0 Å². The Hall–Kier alpha value is -1.56. The summed E-state index contributed by atoms with van der Waals surface area (Å²) < 4.78 is 4.69. The van der Waals surface area contributed by atoms with Gasteiger partial charge in [0.1, 0.15) is 11.8 Å². The number of hydrogen-bond donors (Lipinski definition) is 3. The first-order chi connectivity index (χ1) is 6.07. The second kappa shape index (κ2) is 3.44. The first kappa shape index (κ1) is 9.53. The van der Waals surface area contributed by atoms with Crippen LogP contribution in [-0.2, 0) is 4.79 Å². The van der Waals surface area contributed by atoms with Crippen molar-refractivity contribution in [3.63, 3.8) is 0 Å². The van der Waals surface area contributed by atoms with Gasteiger partial charge in [0, 0.05) is 0 Å². The minimum Gasteiger partial charge on any atom is -0.480 e. The standard InChI is InChI=1S/C7H10N2O4/c1-3-4(6(10)9-13-3)5(8-2)7(11)12/h5,8H,1-2H3,(H,9,10)(H,11,12)/t5-/m0/s1. The predicted octanol–water partition coefficient (Wildman–Crippen LogP) is -0.379. The summed E-state index contributed by atoms with van der Waals surface area (Å²) in [6.45, 7) is 1.53. The van der Waals surface area contributed by atoms with Crippen molar-refractivity contribution in [2.24, 2.45) is 0 Å². The molecule has 0 aliphatic rings. The van der Waals surface area contributed by atoms with Crippen LogP contribution in [0.5, 0.6) is 0 Å². The molecule has 0 aromatic carbocycles. The van der Waals surface area contributed by atoms with Gasteiger partial charge in [0.2, 0.25) is 0 Å². The summed E-state index contributed by atoms with van der Waals surface area (Å²) in [6.07, 6.45) is 0. The highest BCUT2D eigenvalue weighted by atomic mass is 16.5. The van der Waals surface area contributed by atoms with E-state index >= 15 is 0 Å². The molecule has 0 amide bonds. The Labute approximate surface area is 73.5 Å². The first-order valence-electron chi connectivity index (χ1n) is 3.66. The molecular weight excluding hydrogens is 176 g/mol. The number of aliphatic carboxylic acids is 1. The second-order valence-electron chi connectivity index (χ2n) is 2.56. The highest BCUT2D eigenvalue weighted by Crippen LogP contribution is 2.12. The van der Waals surface area contributed by atoms with Crippen molar-refractivity contribution in [2.45, 2.75) is 13.0 Å². The summed E-state index contributed by atoms with van der Waals surface area (Å²) >= 11 is 0. The summed E-state index contributed by atoms with van der Waals surface area (Å²) in [6, 6.07) is -1.03. The van der Waals surface area contributed by atoms with Crippen LogP contribution in [0.15, 0.2) is 9.32 Å². The third-order valence-electron chi connectivity index (χ3n) is 1.75. The van der Waals surface area contributed by atoms with Gasteiger partial charge in [-0.25, -0.2) is 0 Å². The van der Waals surface area contributed by atoms with Crippen molar-refractivity contribution >= 4 is 5.97 Å². The predicted molar refractivity (Wildman–Crippen MR) is 43.5 cm³/mol. The van der Waals surface area contributed by atoms with Crippen LogP contribution in [0.2, 0.25) is 0 Å². The Morgan fingerprint density at radius 2 is 2.31 bits per heavy atom. The fraction of sp³-hybridized carbons (Fsp3) is 0.429. The maximum Gasteiger partial charge on any atom is 0.325 e. The molecule has 1 rings (SSSR count). The molecule has 0 aliphatic heterocycles. The van der Waals surface area contributed by atoms with Gasteiger partial charge in [-0.2, -0.15) is 5.16 Å². The number of carbonyl (C=O) groups is 1. The van der Waals surface area contributed by atoms with Gasteiger partial charge in [-0.05, 0) is 14.0 Å². The maximum atomic E-state index is 11.1. The fourth-order valence-electron chi connectivity index (χ4n) is 1.12. The summed E-state index contributed by atoms with van der Waals surface area (Å²) in [5.41, 5.74) is -0.408. The van der Waals surface area contributed by atoms with Crippen molar-refractivity contribution in [1.82, 2.24) is 10.5 Å². The molecule has 0 spiro atoms. The van der Waals surface area contributed by atoms with Gasteiger partial charge in [-0.15, -0.1) is 0 Å².